The van der Waals surface area contributed by atoms with Crippen LogP contribution in [0, 0.1) is 11.8 Å². The average Bonchev–Trinajstić information content (AvgIpc) is 3.07. The van der Waals surface area contributed by atoms with Crippen molar-refractivity contribution in [3.8, 4) is 0 Å². The van der Waals surface area contributed by atoms with Gasteiger partial charge in [0.2, 0.25) is 0 Å². The largest absolute Gasteiger partial charge is 0.460 e. The summed E-state index contributed by atoms with van der Waals surface area (Å²) in [4.78, 5) is 21.1. The third-order valence-electron chi connectivity index (χ3n) is 4.48. The Kier molecular flexibility index (Phi) is 8.25. The highest BCUT2D eigenvalue weighted by Crippen LogP contribution is 2.21. The molecule has 0 saturated carbocycles. The van der Waals surface area contributed by atoms with Crippen LogP contribution in [0.3, 0.4) is 0 Å². The van der Waals surface area contributed by atoms with Gasteiger partial charge >= 0.3 is 5.97 Å². The number of hydrogen-bond donors (Lipinski definition) is 1. The lowest BCUT2D eigenvalue weighted by Gasteiger charge is -2.24. The van der Waals surface area contributed by atoms with Gasteiger partial charge in [0.15, 0.2) is 5.96 Å². The number of halogens is 1. The van der Waals surface area contributed by atoms with Crippen LogP contribution in [-0.4, -0.2) is 74.1 Å². The van der Waals surface area contributed by atoms with Gasteiger partial charge in [-0.1, -0.05) is 0 Å². The second kappa shape index (κ2) is 9.22. The zero-order valence-corrected chi connectivity index (χ0v) is 18.0. The molecule has 6 nitrogen and oxygen atoms in total. The molecule has 2 aliphatic rings. The summed E-state index contributed by atoms with van der Waals surface area (Å²) in [6, 6.07) is 0. The number of hydrogen-bond acceptors (Lipinski definition) is 4. The van der Waals surface area contributed by atoms with Crippen molar-refractivity contribution in [2.75, 3.05) is 46.8 Å². The fourth-order valence-corrected chi connectivity index (χ4v) is 3.29. The Balaban J connectivity index is 0.00000288. The van der Waals surface area contributed by atoms with Crippen molar-refractivity contribution in [3.05, 3.63) is 0 Å². The summed E-state index contributed by atoms with van der Waals surface area (Å²) in [5, 5.41) is 3.48. The Bertz CT molecular complexity index is 450. The molecule has 0 aromatic carbocycles. The molecular formula is C17H33IN4O2. The molecule has 0 radical (unpaired) electrons. The predicted molar refractivity (Wildman–Crippen MR) is 108 cm³/mol. The summed E-state index contributed by atoms with van der Waals surface area (Å²) in [6.45, 7) is 10.6. The van der Waals surface area contributed by atoms with Crippen LogP contribution in [0.5, 0.6) is 0 Å². The Hall–Kier alpha value is -0.570. The minimum absolute atomic E-state index is 0. The molecule has 140 valence electrons. The van der Waals surface area contributed by atoms with E-state index in [1.807, 2.05) is 27.8 Å². The number of likely N-dealkylation sites (tertiary alicyclic amines) is 2. The van der Waals surface area contributed by atoms with Crippen LogP contribution in [0.4, 0.5) is 0 Å². The van der Waals surface area contributed by atoms with Crippen LogP contribution in [0.1, 0.15) is 33.6 Å². The molecule has 2 aliphatic heterocycles. The maximum Gasteiger partial charge on any atom is 0.311 e. The fraction of sp³-hybridized carbons (Fsp3) is 0.882. The molecule has 7 heteroatoms. The van der Waals surface area contributed by atoms with Crippen molar-refractivity contribution in [1.29, 1.82) is 0 Å². The molecule has 0 aromatic heterocycles. The molecule has 2 saturated heterocycles. The van der Waals surface area contributed by atoms with Crippen molar-refractivity contribution in [2.45, 2.75) is 39.2 Å². The van der Waals surface area contributed by atoms with E-state index in [2.05, 4.69) is 27.2 Å². The molecule has 0 aliphatic carbocycles. The monoisotopic (exact) mass is 452 g/mol. The van der Waals surface area contributed by atoms with Crippen LogP contribution in [0.25, 0.3) is 0 Å². The van der Waals surface area contributed by atoms with Crippen molar-refractivity contribution in [1.82, 2.24) is 15.1 Å². The highest BCUT2D eigenvalue weighted by molar-refractivity contribution is 14.0. The van der Waals surface area contributed by atoms with Crippen LogP contribution in [0.2, 0.25) is 0 Å². The zero-order valence-electron chi connectivity index (χ0n) is 15.7. The first-order valence-electron chi connectivity index (χ1n) is 8.65. The second-order valence-electron chi connectivity index (χ2n) is 7.81. The molecule has 24 heavy (non-hydrogen) atoms. The van der Waals surface area contributed by atoms with Crippen molar-refractivity contribution in [2.24, 2.45) is 16.8 Å². The minimum Gasteiger partial charge on any atom is -0.460 e. The Morgan fingerprint density at radius 2 is 1.96 bits per heavy atom. The molecule has 0 bridgehead atoms. The minimum atomic E-state index is -0.418. The standard InChI is InChI=1S/C17H32N4O2.HI/c1-17(2,3)23-15(22)14-7-9-21(12-14)16(18-4)19-10-13-6-8-20(5)11-13;/h13-14H,6-12H2,1-5H3,(H,18,19);1H. The first-order chi connectivity index (χ1) is 10.8. The Labute approximate surface area is 163 Å². The smallest absolute Gasteiger partial charge is 0.311 e. The summed E-state index contributed by atoms with van der Waals surface area (Å²) >= 11 is 0. The highest BCUT2D eigenvalue weighted by Gasteiger charge is 2.33. The fourth-order valence-electron chi connectivity index (χ4n) is 3.29. The maximum atomic E-state index is 12.2. The Morgan fingerprint density at radius 3 is 2.50 bits per heavy atom. The molecule has 1 N–H and O–H groups in total. The van der Waals surface area contributed by atoms with E-state index in [1.54, 1.807) is 0 Å². The third kappa shape index (κ3) is 6.38. The number of nitrogens with one attached hydrogen (secondary N) is 1. The van der Waals surface area contributed by atoms with E-state index in [0.717, 1.165) is 32.0 Å². The van der Waals surface area contributed by atoms with E-state index >= 15 is 0 Å². The van der Waals surface area contributed by atoms with E-state index in [1.165, 1.54) is 13.0 Å². The number of aliphatic imine (C=N–C) groups is 1. The van der Waals surface area contributed by atoms with E-state index in [0.29, 0.717) is 12.5 Å². The van der Waals surface area contributed by atoms with E-state index in [-0.39, 0.29) is 35.9 Å². The number of carbonyl (C=O) groups excluding carboxylic acids is 1. The van der Waals surface area contributed by atoms with Gasteiger partial charge in [-0.25, -0.2) is 0 Å². The van der Waals surface area contributed by atoms with Gasteiger partial charge in [0.05, 0.1) is 5.92 Å². The lowest BCUT2D eigenvalue weighted by Crippen LogP contribution is -2.43. The molecular weight excluding hydrogens is 419 g/mol. The van der Waals surface area contributed by atoms with E-state index in [9.17, 15) is 4.79 Å². The first kappa shape index (κ1) is 21.5. The third-order valence-corrected chi connectivity index (χ3v) is 4.48. The average molecular weight is 452 g/mol. The molecule has 2 atom stereocenters. The maximum absolute atomic E-state index is 12.2. The SMILES string of the molecule is CN=C(NCC1CCN(C)C1)N1CCC(C(=O)OC(C)(C)C)C1.I. The van der Waals surface area contributed by atoms with Crippen LogP contribution >= 0.6 is 24.0 Å². The molecule has 2 rings (SSSR count). The van der Waals surface area contributed by atoms with Crippen molar-refractivity contribution >= 4 is 35.9 Å². The number of esters is 1. The quantitative estimate of drug-likeness (QED) is 0.306. The number of guanidine groups is 1. The van der Waals surface area contributed by atoms with Crippen LogP contribution < -0.4 is 5.32 Å². The summed E-state index contributed by atoms with van der Waals surface area (Å²) < 4.78 is 5.51. The van der Waals surface area contributed by atoms with Gasteiger partial charge in [0, 0.05) is 33.2 Å². The summed E-state index contributed by atoms with van der Waals surface area (Å²) in [6.07, 6.45) is 2.07. The van der Waals surface area contributed by atoms with Crippen molar-refractivity contribution < 1.29 is 9.53 Å². The number of rotatable bonds is 3. The number of nitrogens with zero attached hydrogens (tertiary/aromatic N) is 3. The number of carbonyl (C=O) groups is 1. The highest BCUT2D eigenvalue weighted by atomic mass is 127. The Morgan fingerprint density at radius 1 is 1.25 bits per heavy atom. The molecule has 2 fully saturated rings. The first-order valence-corrected chi connectivity index (χ1v) is 8.65. The topological polar surface area (TPSA) is 57.2 Å². The van der Waals surface area contributed by atoms with Gasteiger partial charge in [-0.3, -0.25) is 9.79 Å². The molecule has 2 heterocycles. The summed E-state index contributed by atoms with van der Waals surface area (Å²) in [7, 11) is 3.98. The predicted octanol–water partition coefficient (Wildman–Crippen LogP) is 1.80. The molecule has 0 amide bonds. The zero-order chi connectivity index (χ0) is 17.0. The van der Waals surface area contributed by atoms with Gasteiger partial charge in [0.25, 0.3) is 0 Å². The van der Waals surface area contributed by atoms with Gasteiger partial charge in [-0.2, -0.15) is 0 Å². The van der Waals surface area contributed by atoms with E-state index < -0.39 is 5.60 Å². The van der Waals surface area contributed by atoms with Crippen LogP contribution in [-0.2, 0) is 9.53 Å². The number of ether oxygens (including phenoxy) is 1. The second-order valence-corrected chi connectivity index (χ2v) is 7.81. The normalized spacial score (nSPS) is 25.5. The van der Waals surface area contributed by atoms with Gasteiger partial charge in [0.1, 0.15) is 5.60 Å². The lowest BCUT2D eigenvalue weighted by molar-refractivity contribution is -0.159. The summed E-state index contributed by atoms with van der Waals surface area (Å²) in [5.74, 6) is 1.45. The van der Waals surface area contributed by atoms with Gasteiger partial charge < -0.3 is 19.9 Å². The lowest BCUT2D eigenvalue weighted by atomic mass is 10.1. The van der Waals surface area contributed by atoms with Gasteiger partial charge in [-0.05, 0) is 53.1 Å². The molecule has 2 unspecified atom stereocenters. The molecule has 0 spiro atoms. The molecule has 0 aromatic rings. The van der Waals surface area contributed by atoms with E-state index in [4.69, 9.17) is 4.74 Å². The van der Waals surface area contributed by atoms with Gasteiger partial charge in [-0.15, -0.1) is 24.0 Å². The van der Waals surface area contributed by atoms with Crippen LogP contribution in [0.15, 0.2) is 4.99 Å². The van der Waals surface area contributed by atoms with Crippen molar-refractivity contribution in [3.63, 3.8) is 0 Å². The summed E-state index contributed by atoms with van der Waals surface area (Å²) in [5.41, 5.74) is -0.418.